The van der Waals surface area contributed by atoms with Gasteiger partial charge in [-0.2, -0.15) is 0 Å². The number of halogens is 1. The zero-order valence-electron chi connectivity index (χ0n) is 21.7. The van der Waals surface area contributed by atoms with E-state index in [1.807, 2.05) is 30.3 Å². The normalized spacial score (nSPS) is 19.6. The molecular formula is C29H36FN5O3. The van der Waals surface area contributed by atoms with Gasteiger partial charge in [0.15, 0.2) is 0 Å². The molecule has 0 radical (unpaired) electrons. The van der Waals surface area contributed by atoms with Crippen LogP contribution in [-0.4, -0.2) is 66.0 Å². The molecule has 202 valence electrons. The van der Waals surface area contributed by atoms with Crippen LogP contribution in [0.2, 0.25) is 0 Å². The number of para-hydroxylation sites is 2. The number of rotatable bonds is 6. The van der Waals surface area contributed by atoms with E-state index in [1.54, 1.807) is 21.9 Å². The van der Waals surface area contributed by atoms with Crippen LogP contribution in [0.25, 0.3) is 0 Å². The van der Waals surface area contributed by atoms with Crippen LogP contribution >= 0.6 is 0 Å². The Labute approximate surface area is 223 Å². The molecule has 9 heteroatoms. The second kappa shape index (κ2) is 11.4. The van der Waals surface area contributed by atoms with E-state index in [-0.39, 0.29) is 30.1 Å². The van der Waals surface area contributed by atoms with Gasteiger partial charge in [-0.15, -0.1) is 0 Å². The first kappa shape index (κ1) is 26.0. The van der Waals surface area contributed by atoms with Crippen molar-refractivity contribution in [3.63, 3.8) is 0 Å². The first-order chi connectivity index (χ1) is 18.5. The van der Waals surface area contributed by atoms with Gasteiger partial charge in [0.1, 0.15) is 17.9 Å². The fourth-order valence-electron chi connectivity index (χ4n) is 6.04. The lowest BCUT2D eigenvalue weighted by atomic mass is 9.85. The summed E-state index contributed by atoms with van der Waals surface area (Å²) in [5.74, 6) is -0.180. The molecule has 0 aromatic heterocycles. The molecule has 0 unspecified atom stereocenters. The van der Waals surface area contributed by atoms with Crippen molar-refractivity contribution in [2.45, 2.75) is 50.5 Å². The predicted molar refractivity (Wildman–Crippen MR) is 144 cm³/mol. The number of carbonyl (C=O) groups excluding carboxylic acids is 3. The SMILES string of the molecule is O=C(CN1CN(c2ccccc2)C2(CCN(C(=O)Nc3ccccc3F)CC2)C1=O)NCC1CCCCC1. The van der Waals surface area contributed by atoms with Crippen molar-refractivity contribution in [1.82, 2.24) is 15.1 Å². The molecule has 1 saturated carbocycles. The van der Waals surface area contributed by atoms with Gasteiger partial charge in [-0.05, 0) is 55.9 Å². The highest BCUT2D eigenvalue weighted by molar-refractivity contribution is 5.97. The van der Waals surface area contributed by atoms with Crippen LogP contribution < -0.4 is 15.5 Å². The molecule has 2 aromatic rings. The van der Waals surface area contributed by atoms with E-state index in [2.05, 4.69) is 15.5 Å². The maximum Gasteiger partial charge on any atom is 0.321 e. The van der Waals surface area contributed by atoms with E-state index in [4.69, 9.17) is 0 Å². The summed E-state index contributed by atoms with van der Waals surface area (Å²) in [6, 6.07) is 15.4. The number of anilines is 2. The minimum Gasteiger partial charge on any atom is -0.354 e. The van der Waals surface area contributed by atoms with Crippen LogP contribution in [-0.2, 0) is 9.59 Å². The number of likely N-dealkylation sites (tertiary alicyclic amines) is 1. The summed E-state index contributed by atoms with van der Waals surface area (Å²) in [5, 5.41) is 5.69. The molecule has 2 N–H and O–H groups in total. The Kier molecular flexibility index (Phi) is 7.81. The number of hydrogen-bond acceptors (Lipinski definition) is 4. The predicted octanol–water partition coefficient (Wildman–Crippen LogP) is 4.20. The Hall–Kier alpha value is -3.62. The van der Waals surface area contributed by atoms with E-state index < -0.39 is 11.4 Å². The highest BCUT2D eigenvalue weighted by Gasteiger charge is 2.54. The van der Waals surface area contributed by atoms with Gasteiger partial charge < -0.3 is 25.3 Å². The monoisotopic (exact) mass is 521 g/mol. The zero-order chi connectivity index (χ0) is 26.5. The number of urea groups is 1. The van der Waals surface area contributed by atoms with Crippen LogP contribution in [0, 0.1) is 11.7 Å². The lowest BCUT2D eigenvalue weighted by Crippen LogP contribution is -2.58. The van der Waals surface area contributed by atoms with Crippen molar-refractivity contribution < 1.29 is 18.8 Å². The van der Waals surface area contributed by atoms with Crippen LogP contribution in [0.1, 0.15) is 44.9 Å². The molecule has 3 aliphatic rings. The number of benzene rings is 2. The Morgan fingerprint density at radius 3 is 2.34 bits per heavy atom. The third-order valence-corrected chi connectivity index (χ3v) is 8.22. The molecule has 0 atom stereocenters. The second-order valence-corrected chi connectivity index (χ2v) is 10.6. The van der Waals surface area contributed by atoms with Crippen LogP contribution in [0.4, 0.5) is 20.6 Å². The third-order valence-electron chi connectivity index (χ3n) is 8.22. The fraction of sp³-hybridized carbons (Fsp3) is 0.483. The Morgan fingerprint density at radius 2 is 1.63 bits per heavy atom. The molecule has 2 aliphatic heterocycles. The first-order valence-corrected chi connectivity index (χ1v) is 13.7. The summed E-state index contributed by atoms with van der Waals surface area (Å²) in [4.78, 5) is 44.9. The minimum absolute atomic E-state index is 0.0219. The highest BCUT2D eigenvalue weighted by atomic mass is 19.1. The second-order valence-electron chi connectivity index (χ2n) is 10.6. The van der Waals surface area contributed by atoms with Gasteiger partial charge in [-0.25, -0.2) is 9.18 Å². The quantitative estimate of drug-likeness (QED) is 0.597. The number of nitrogens with zero attached hydrogens (tertiary/aromatic N) is 3. The summed E-state index contributed by atoms with van der Waals surface area (Å²) < 4.78 is 14.0. The average Bonchev–Trinajstić information content (AvgIpc) is 3.20. The topological polar surface area (TPSA) is 85.0 Å². The Bertz CT molecular complexity index is 1150. The fourth-order valence-corrected chi connectivity index (χ4v) is 6.04. The average molecular weight is 522 g/mol. The van der Waals surface area contributed by atoms with Gasteiger partial charge in [0.05, 0.1) is 12.4 Å². The summed E-state index contributed by atoms with van der Waals surface area (Å²) in [5.41, 5.74) is 0.209. The van der Waals surface area contributed by atoms with E-state index >= 15 is 0 Å². The molecule has 2 aromatic carbocycles. The van der Waals surface area contributed by atoms with Gasteiger partial charge in [0.2, 0.25) is 5.91 Å². The summed E-state index contributed by atoms with van der Waals surface area (Å²) in [6.07, 6.45) is 6.84. The van der Waals surface area contributed by atoms with Gasteiger partial charge in [-0.3, -0.25) is 9.59 Å². The lowest BCUT2D eigenvalue weighted by Gasteiger charge is -2.43. The van der Waals surface area contributed by atoms with E-state index in [1.165, 1.54) is 31.4 Å². The number of carbonyl (C=O) groups is 3. The number of nitrogens with one attached hydrogen (secondary N) is 2. The van der Waals surface area contributed by atoms with E-state index in [0.29, 0.717) is 45.1 Å². The molecular weight excluding hydrogens is 485 g/mol. The molecule has 5 rings (SSSR count). The largest absolute Gasteiger partial charge is 0.354 e. The van der Waals surface area contributed by atoms with Gasteiger partial charge in [0.25, 0.3) is 5.91 Å². The van der Waals surface area contributed by atoms with Crippen molar-refractivity contribution in [3.8, 4) is 0 Å². The van der Waals surface area contributed by atoms with Crippen molar-refractivity contribution in [1.29, 1.82) is 0 Å². The molecule has 1 spiro atoms. The van der Waals surface area contributed by atoms with E-state index in [0.717, 1.165) is 18.5 Å². The van der Waals surface area contributed by atoms with Crippen LogP contribution in [0.5, 0.6) is 0 Å². The first-order valence-electron chi connectivity index (χ1n) is 13.7. The standard InChI is InChI=1S/C29H36FN5O3/c30-24-13-7-8-14-25(24)32-28(38)33-17-15-29(16-18-33)27(37)34(21-35(29)23-11-5-2-6-12-23)20-26(36)31-19-22-9-3-1-4-10-22/h2,5-8,11-14,22H,1,3-4,9-10,15-21H2,(H,31,36)(H,32,38). The molecule has 3 fully saturated rings. The summed E-state index contributed by atoms with van der Waals surface area (Å²) >= 11 is 0. The van der Waals surface area contributed by atoms with Crippen molar-refractivity contribution in [3.05, 3.63) is 60.4 Å². The molecule has 2 heterocycles. The molecule has 0 bridgehead atoms. The molecule has 2 saturated heterocycles. The Balaban J connectivity index is 1.25. The molecule has 4 amide bonds. The van der Waals surface area contributed by atoms with Crippen molar-refractivity contribution in [2.24, 2.45) is 5.92 Å². The summed E-state index contributed by atoms with van der Waals surface area (Å²) in [6.45, 7) is 1.70. The van der Waals surface area contributed by atoms with Gasteiger partial charge >= 0.3 is 6.03 Å². The van der Waals surface area contributed by atoms with Crippen molar-refractivity contribution in [2.75, 3.05) is 43.1 Å². The summed E-state index contributed by atoms with van der Waals surface area (Å²) in [7, 11) is 0. The maximum absolute atomic E-state index is 14.0. The highest BCUT2D eigenvalue weighted by Crippen LogP contribution is 2.39. The zero-order valence-corrected chi connectivity index (χ0v) is 21.7. The van der Waals surface area contributed by atoms with Crippen molar-refractivity contribution >= 4 is 29.2 Å². The molecule has 8 nitrogen and oxygen atoms in total. The lowest BCUT2D eigenvalue weighted by molar-refractivity contribution is -0.137. The van der Waals surface area contributed by atoms with Crippen LogP contribution in [0.3, 0.4) is 0 Å². The molecule has 38 heavy (non-hydrogen) atoms. The van der Waals surface area contributed by atoms with Crippen LogP contribution in [0.15, 0.2) is 54.6 Å². The minimum atomic E-state index is -0.834. The smallest absolute Gasteiger partial charge is 0.321 e. The maximum atomic E-state index is 14.0. The Morgan fingerprint density at radius 1 is 0.947 bits per heavy atom. The van der Waals surface area contributed by atoms with Gasteiger partial charge in [0, 0.05) is 25.3 Å². The third kappa shape index (κ3) is 5.47. The number of amides is 4. The number of piperidine rings is 1. The number of hydrogen-bond donors (Lipinski definition) is 2. The molecule has 1 aliphatic carbocycles. The van der Waals surface area contributed by atoms with E-state index in [9.17, 15) is 18.8 Å². The van der Waals surface area contributed by atoms with Gasteiger partial charge in [-0.1, -0.05) is 49.6 Å².